The Labute approximate surface area is 130 Å². The van der Waals surface area contributed by atoms with E-state index in [1.165, 1.54) is 6.33 Å². The maximum atomic E-state index is 12.5. The van der Waals surface area contributed by atoms with E-state index in [-0.39, 0.29) is 5.91 Å². The fourth-order valence-corrected chi connectivity index (χ4v) is 2.38. The van der Waals surface area contributed by atoms with E-state index in [2.05, 4.69) is 16.9 Å². The number of aromatic nitrogens is 2. The van der Waals surface area contributed by atoms with Crippen LogP contribution in [0.15, 0.2) is 12.4 Å². The molecule has 0 radical (unpaired) electrons. The van der Waals surface area contributed by atoms with E-state index < -0.39 is 0 Å². The molecule has 1 aliphatic heterocycles. The van der Waals surface area contributed by atoms with Crippen molar-refractivity contribution >= 4 is 18.1 Å². The van der Waals surface area contributed by atoms with Gasteiger partial charge in [0, 0.05) is 45.8 Å². The Morgan fingerprint density at radius 1 is 1.32 bits per heavy atom. The molecule has 0 bridgehead atoms. The third-order valence-corrected chi connectivity index (χ3v) is 3.86. The minimum atomic E-state index is -0.0990. The van der Waals surface area contributed by atoms with Crippen LogP contribution in [0.4, 0.5) is 5.82 Å². The summed E-state index contributed by atoms with van der Waals surface area (Å²) in [5.74, 6) is 0.663. The summed E-state index contributed by atoms with van der Waals surface area (Å²) in [6, 6.07) is 1.74. The Balaban J connectivity index is 2.02. The fourth-order valence-electron chi connectivity index (χ4n) is 2.38. The smallest absolute Gasteiger partial charge is 0.272 e. The van der Waals surface area contributed by atoms with Crippen LogP contribution < -0.4 is 4.90 Å². The first-order valence-electron chi connectivity index (χ1n) is 7.67. The highest BCUT2D eigenvalue weighted by molar-refractivity contribution is 5.93. The molecule has 0 atom stereocenters. The Hall–Kier alpha value is -2.18. The van der Waals surface area contributed by atoms with Gasteiger partial charge in [-0.05, 0) is 6.42 Å². The van der Waals surface area contributed by atoms with Crippen LogP contribution in [-0.4, -0.2) is 71.9 Å². The summed E-state index contributed by atoms with van der Waals surface area (Å²) in [5.41, 5.74) is 0.410. The number of hydrogen-bond donors (Lipinski definition) is 0. The van der Waals surface area contributed by atoms with Gasteiger partial charge >= 0.3 is 0 Å². The van der Waals surface area contributed by atoms with Crippen molar-refractivity contribution in [1.82, 2.24) is 19.8 Å². The van der Waals surface area contributed by atoms with Gasteiger partial charge in [0.1, 0.15) is 17.8 Å². The first kappa shape index (κ1) is 16.2. The van der Waals surface area contributed by atoms with E-state index in [1.807, 2.05) is 11.9 Å². The maximum absolute atomic E-state index is 12.5. The summed E-state index contributed by atoms with van der Waals surface area (Å²) < 4.78 is 0. The van der Waals surface area contributed by atoms with Crippen molar-refractivity contribution < 1.29 is 9.59 Å². The van der Waals surface area contributed by atoms with Gasteiger partial charge in [0.25, 0.3) is 5.91 Å². The van der Waals surface area contributed by atoms with E-state index >= 15 is 0 Å². The molecular weight excluding hydrogens is 282 g/mol. The Morgan fingerprint density at radius 3 is 2.68 bits per heavy atom. The summed E-state index contributed by atoms with van der Waals surface area (Å²) in [4.78, 5) is 37.0. The summed E-state index contributed by atoms with van der Waals surface area (Å²) in [6.07, 6.45) is 4.46. The number of amides is 2. The standard InChI is InChI=1S/C15H23N5O2/c1-3-4-5-18(2)14-10-13(16-11-17-14)15(22)20-8-6-19(12-21)7-9-20/h10-12H,3-9H2,1-2H3. The van der Waals surface area contributed by atoms with Crippen molar-refractivity contribution in [3.8, 4) is 0 Å². The minimum Gasteiger partial charge on any atom is -0.360 e. The van der Waals surface area contributed by atoms with Crippen LogP contribution in [0.1, 0.15) is 30.3 Å². The highest BCUT2D eigenvalue weighted by atomic mass is 16.2. The van der Waals surface area contributed by atoms with Gasteiger partial charge in [-0.15, -0.1) is 0 Å². The number of hydrogen-bond acceptors (Lipinski definition) is 5. The number of unbranched alkanes of at least 4 members (excludes halogenated alkanes) is 1. The molecule has 2 amide bonds. The molecule has 1 aliphatic rings. The predicted molar refractivity (Wildman–Crippen MR) is 83.8 cm³/mol. The number of piperazine rings is 1. The zero-order valence-corrected chi connectivity index (χ0v) is 13.2. The van der Waals surface area contributed by atoms with Gasteiger partial charge in [0.2, 0.25) is 6.41 Å². The summed E-state index contributed by atoms with van der Waals surface area (Å²) in [5, 5.41) is 0. The van der Waals surface area contributed by atoms with Crippen LogP contribution >= 0.6 is 0 Å². The zero-order valence-electron chi connectivity index (χ0n) is 13.2. The predicted octanol–water partition coefficient (Wildman–Crippen LogP) is 0.627. The molecule has 1 saturated heterocycles. The van der Waals surface area contributed by atoms with Crippen LogP contribution in [-0.2, 0) is 4.79 Å². The van der Waals surface area contributed by atoms with Crippen molar-refractivity contribution in [2.45, 2.75) is 19.8 Å². The molecule has 1 fully saturated rings. The van der Waals surface area contributed by atoms with Crippen LogP contribution in [0.3, 0.4) is 0 Å². The van der Waals surface area contributed by atoms with Gasteiger partial charge in [-0.25, -0.2) is 9.97 Å². The van der Waals surface area contributed by atoms with Crippen molar-refractivity contribution in [3.05, 3.63) is 18.1 Å². The van der Waals surface area contributed by atoms with Gasteiger partial charge in [0.15, 0.2) is 0 Å². The molecule has 0 spiro atoms. The molecule has 7 heteroatoms. The lowest BCUT2D eigenvalue weighted by Crippen LogP contribution is -2.48. The van der Waals surface area contributed by atoms with E-state index in [0.717, 1.165) is 31.6 Å². The SMILES string of the molecule is CCCCN(C)c1cc(C(=O)N2CCN(C=O)CC2)ncn1. The minimum absolute atomic E-state index is 0.0990. The van der Waals surface area contributed by atoms with Crippen molar-refractivity contribution in [3.63, 3.8) is 0 Å². The van der Waals surface area contributed by atoms with Gasteiger partial charge in [-0.2, -0.15) is 0 Å². The summed E-state index contributed by atoms with van der Waals surface area (Å²) >= 11 is 0. The number of carbonyl (C=O) groups is 2. The van der Waals surface area contributed by atoms with Crippen molar-refractivity contribution in [2.24, 2.45) is 0 Å². The lowest BCUT2D eigenvalue weighted by atomic mass is 10.2. The lowest BCUT2D eigenvalue weighted by Gasteiger charge is -2.32. The summed E-state index contributed by atoms with van der Waals surface area (Å²) in [7, 11) is 1.97. The van der Waals surface area contributed by atoms with Crippen LogP contribution in [0, 0.1) is 0 Å². The largest absolute Gasteiger partial charge is 0.360 e. The Morgan fingerprint density at radius 2 is 2.05 bits per heavy atom. The highest BCUT2D eigenvalue weighted by Gasteiger charge is 2.22. The second-order valence-electron chi connectivity index (χ2n) is 5.47. The van der Waals surface area contributed by atoms with Crippen molar-refractivity contribution in [2.75, 3.05) is 44.7 Å². The maximum Gasteiger partial charge on any atom is 0.272 e. The molecule has 2 heterocycles. The molecule has 120 valence electrons. The van der Waals surface area contributed by atoms with E-state index in [4.69, 9.17) is 0 Å². The quantitative estimate of drug-likeness (QED) is 0.721. The lowest BCUT2D eigenvalue weighted by molar-refractivity contribution is -0.119. The average Bonchev–Trinajstić information content (AvgIpc) is 2.59. The zero-order chi connectivity index (χ0) is 15.9. The molecule has 2 rings (SSSR count). The molecule has 1 aromatic heterocycles. The third-order valence-electron chi connectivity index (χ3n) is 3.86. The first-order chi connectivity index (χ1) is 10.7. The highest BCUT2D eigenvalue weighted by Crippen LogP contribution is 2.13. The molecule has 1 aromatic rings. The monoisotopic (exact) mass is 305 g/mol. The average molecular weight is 305 g/mol. The van der Waals surface area contributed by atoms with E-state index in [1.54, 1.807) is 15.9 Å². The molecule has 0 aromatic carbocycles. The van der Waals surface area contributed by atoms with Crippen LogP contribution in [0.2, 0.25) is 0 Å². The second-order valence-corrected chi connectivity index (χ2v) is 5.47. The molecule has 0 N–H and O–H groups in total. The van der Waals surface area contributed by atoms with Crippen molar-refractivity contribution in [1.29, 1.82) is 0 Å². The van der Waals surface area contributed by atoms with Gasteiger partial charge in [-0.1, -0.05) is 13.3 Å². The topological polar surface area (TPSA) is 69.6 Å². The fraction of sp³-hybridized carbons (Fsp3) is 0.600. The van der Waals surface area contributed by atoms with E-state index in [9.17, 15) is 9.59 Å². The second kappa shape index (κ2) is 7.72. The molecular formula is C15H23N5O2. The molecule has 0 saturated carbocycles. The van der Waals surface area contributed by atoms with Gasteiger partial charge in [-0.3, -0.25) is 9.59 Å². The Bertz CT molecular complexity index is 514. The third kappa shape index (κ3) is 3.93. The van der Waals surface area contributed by atoms with Crippen LogP contribution in [0.25, 0.3) is 0 Å². The van der Waals surface area contributed by atoms with Gasteiger partial charge in [0.05, 0.1) is 0 Å². The first-order valence-corrected chi connectivity index (χ1v) is 7.67. The number of rotatable bonds is 6. The number of carbonyl (C=O) groups excluding carboxylic acids is 2. The number of nitrogens with zero attached hydrogens (tertiary/aromatic N) is 5. The number of anilines is 1. The molecule has 0 unspecified atom stereocenters. The molecule has 0 aliphatic carbocycles. The molecule has 22 heavy (non-hydrogen) atoms. The van der Waals surface area contributed by atoms with E-state index in [0.29, 0.717) is 31.9 Å². The van der Waals surface area contributed by atoms with Gasteiger partial charge < -0.3 is 14.7 Å². The normalized spacial score (nSPS) is 14.8. The Kier molecular flexibility index (Phi) is 5.68. The molecule has 7 nitrogen and oxygen atoms in total. The summed E-state index contributed by atoms with van der Waals surface area (Å²) in [6.45, 7) is 5.28. The van der Waals surface area contributed by atoms with Crippen LogP contribution in [0.5, 0.6) is 0 Å².